The van der Waals surface area contributed by atoms with Crippen molar-refractivity contribution >= 4 is 16.7 Å². The van der Waals surface area contributed by atoms with Gasteiger partial charge in [-0.15, -0.1) is 0 Å². The van der Waals surface area contributed by atoms with E-state index in [0.29, 0.717) is 0 Å². The van der Waals surface area contributed by atoms with Crippen molar-refractivity contribution in [3.05, 3.63) is 54.6 Å². The van der Waals surface area contributed by atoms with E-state index < -0.39 is 0 Å². The first kappa shape index (κ1) is 12.3. The molecule has 20 heavy (non-hydrogen) atoms. The van der Waals surface area contributed by atoms with Crippen molar-refractivity contribution in [1.29, 1.82) is 0 Å². The van der Waals surface area contributed by atoms with Crippen molar-refractivity contribution in [3.63, 3.8) is 0 Å². The van der Waals surface area contributed by atoms with E-state index in [4.69, 9.17) is 0 Å². The molecule has 0 bridgehead atoms. The molecule has 0 spiro atoms. The number of aromatic nitrogens is 3. The number of phenols is 1. The van der Waals surface area contributed by atoms with Crippen LogP contribution in [-0.2, 0) is 6.42 Å². The average Bonchev–Trinajstić information content (AvgIpc) is 2.49. The van der Waals surface area contributed by atoms with Gasteiger partial charge in [0.2, 0.25) is 0 Å². The van der Waals surface area contributed by atoms with E-state index in [9.17, 15) is 5.11 Å². The molecule has 0 aliphatic heterocycles. The predicted octanol–water partition coefficient (Wildman–Crippen LogP) is 2.39. The monoisotopic (exact) mass is 266 g/mol. The van der Waals surface area contributed by atoms with Crippen LogP contribution in [0.4, 0.5) is 5.82 Å². The maximum atomic E-state index is 9.24. The van der Waals surface area contributed by atoms with Crippen LogP contribution in [0.1, 0.15) is 5.56 Å². The fourth-order valence-electron chi connectivity index (χ4n) is 2.03. The molecule has 0 saturated heterocycles. The third-order valence-corrected chi connectivity index (χ3v) is 3.08. The van der Waals surface area contributed by atoms with Crippen molar-refractivity contribution in [2.45, 2.75) is 6.42 Å². The number of nitrogens with one attached hydrogen (secondary N) is 1. The summed E-state index contributed by atoms with van der Waals surface area (Å²) in [5.74, 6) is 1.08. The molecule has 2 aromatic heterocycles. The Morgan fingerprint density at radius 3 is 2.75 bits per heavy atom. The maximum Gasteiger partial charge on any atom is 0.138 e. The van der Waals surface area contributed by atoms with Crippen molar-refractivity contribution < 1.29 is 5.11 Å². The average molecular weight is 266 g/mol. The third kappa shape index (κ3) is 2.66. The number of phenolic OH excluding ortho intramolecular Hbond substituents is 1. The minimum Gasteiger partial charge on any atom is -0.508 e. The van der Waals surface area contributed by atoms with E-state index in [1.54, 1.807) is 30.9 Å². The van der Waals surface area contributed by atoms with Gasteiger partial charge in [-0.1, -0.05) is 12.1 Å². The Morgan fingerprint density at radius 1 is 1.05 bits per heavy atom. The second kappa shape index (κ2) is 5.52. The van der Waals surface area contributed by atoms with Gasteiger partial charge >= 0.3 is 0 Å². The smallest absolute Gasteiger partial charge is 0.138 e. The van der Waals surface area contributed by atoms with E-state index in [-0.39, 0.29) is 5.75 Å². The van der Waals surface area contributed by atoms with Gasteiger partial charge in [-0.2, -0.15) is 0 Å². The van der Waals surface area contributed by atoms with E-state index in [0.717, 1.165) is 35.2 Å². The van der Waals surface area contributed by atoms with E-state index in [2.05, 4.69) is 20.3 Å². The highest BCUT2D eigenvalue weighted by atomic mass is 16.3. The minimum absolute atomic E-state index is 0.287. The van der Waals surface area contributed by atoms with Gasteiger partial charge in [0.1, 0.15) is 17.9 Å². The Kier molecular flexibility index (Phi) is 3.41. The Hall–Kier alpha value is -2.69. The number of anilines is 1. The van der Waals surface area contributed by atoms with Gasteiger partial charge < -0.3 is 10.4 Å². The topological polar surface area (TPSA) is 70.9 Å². The lowest BCUT2D eigenvalue weighted by molar-refractivity contribution is 0.475. The predicted molar refractivity (Wildman–Crippen MR) is 77.6 cm³/mol. The molecule has 0 aliphatic carbocycles. The fraction of sp³-hybridized carbons (Fsp3) is 0.133. The first-order chi connectivity index (χ1) is 9.83. The van der Waals surface area contributed by atoms with Crippen LogP contribution < -0.4 is 5.32 Å². The van der Waals surface area contributed by atoms with Crippen molar-refractivity contribution in [3.8, 4) is 5.75 Å². The summed E-state index contributed by atoms with van der Waals surface area (Å²) in [6, 6.07) is 9.08. The van der Waals surface area contributed by atoms with E-state index >= 15 is 0 Å². The van der Waals surface area contributed by atoms with Gasteiger partial charge in [-0.3, -0.25) is 4.98 Å². The Balaban J connectivity index is 1.69. The first-order valence-electron chi connectivity index (χ1n) is 6.39. The number of nitrogens with zero attached hydrogens (tertiary/aromatic N) is 3. The molecule has 2 heterocycles. The highest BCUT2D eigenvalue weighted by molar-refractivity contribution is 5.87. The lowest BCUT2D eigenvalue weighted by atomic mass is 10.1. The molecular weight excluding hydrogens is 252 g/mol. The van der Waals surface area contributed by atoms with Crippen LogP contribution in [0.5, 0.6) is 5.75 Å². The lowest BCUT2D eigenvalue weighted by Crippen LogP contribution is -2.07. The maximum absolute atomic E-state index is 9.24. The standard InChI is InChI=1S/C15H14N4O/c20-12-3-1-11(2-4-12)5-8-17-15-13-9-16-7-6-14(13)18-10-19-15/h1-4,6-7,9-10,20H,5,8H2,(H,17,18,19). The first-order valence-corrected chi connectivity index (χ1v) is 6.39. The number of fused-ring (bicyclic) bond motifs is 1. The van der Waals surface area contributed by atoms with Crippen molar-refractivity contribution in [2.24, 2.45) is 0 Å². The van der Waals surface area contributed by atoms with Gasteiger partial charge in [0.05, 0.1) is 10.9 Å². The lowest BCUT2D eigenvalue weighted by Gasteiger charge is -2.07. The Labute approximate surface area is 116 Å². The van der Waals surface area contributed by atoms with Crippen molar-refractivity contribution in [1.82, 2.24) is 15.0 Å². The molecule has 3 rings (SSSR count). The van der Waals surface area contributed by atoms with E-state index in [1.807, 2.05) is 18.2 Å². The highest BCUT2D eigenvalue weighted by Crippen LogP contribution is 2.17. The summed E-state index contributed by atoms with van der Waals surface area (Å²) in [5.41, 5.74) is 2.04. The molecule has 0 atom stereocenters. The number of hydrogen-bond acceptors (Lipinski definition) is 5. The summed E-state index contributed by atoms with van der Waals surface area (Å²) in [5, 5.41) is 13.5. The molecule has 100 valence electrons. The fourth-order valence-corrected chi connectivity index (χ4v) is 2.03. The van der Waals surface area contributed by atoms with E-state index in [1.165, 1.54) is 0 Å². The van der Waals surface area contributed by atoms with Crippen LogP contribution in [0, 0.1) is 0 Å². The molecule has 0 fully saturated rings. The summed E-state index contributed by atoms with van der Waals surface area (Å²) in [7, 11) is 0. The summed E-state index contributed by atoms with van der Waals surface area (Å²) in [6.07, 6.45) is 5.88. The van der Waals surface area contributed by atoms with Crippen molar-refractivity contribution in [2.75, 3.05) is 11.9 Å². The summed E-state index contributed by atoms with van der Waals surface area (Å²) in [4.78, 5) is 12.6. The number of hydrogen-bond donors (Lipinski definition) is 2. The molecule has 0 amide bonds. The van der Waals surface area contributed by atoms with Gasteiger partial charge in [-0.25, -0.2) is 9.97 Å². The Bertz CT molecular complexity index is 707. The van der Waals surface area contributed by atoms with Gasteiger partial charge in [-0.05, 0) is 30.2 Å². The van der Waals surface area contributed by atoms with Gasteiger partial charge in [0.15, 0.2) is 0 Å². The third-order valence-electron chi connectivity index (χ3n) is 3.08. The largest absolute Gasteiger partial charge is 0.508 e. The zero-order valence-electron chi connectivity index (χ0n) is 10.8. The zero-order valence-corrected chi connectivity index (χ0v) is 10.8. The molecule has 0 saturated carbocycles. The number of aromatic hydroxyl groups is 1. The molecule has 0 unspecified atom stereocenters. The second-order valence-electron chi connectivity index (χ2n) is 4.46. The molecule has 0 radical (unpaired) electrons. The van der Waals surface area contributed by atoms with Gasteiger partial charge in [0.25, 0.3) is 0 Å². The van der Waals surface area contributed by atoms with Crippen LogP contribution in [0.25, 0.3) is 10.9 Å². The number of benzene rings is 1. The number of pyridine rings is 1. The summed E-state index contributed by atoms with van der Waals surface area (Å²) in [6.45, 7) is 0.756. The van der Waals surface area contributed by atoms with Gasteiger partial charge in [0, 0.05) is 18.9 Å². The Morgan fingerprint density at radius 2 is 1.90 bits per heavy atom. The molecule has 5 nitrogen and oxygen atoms in total. The van der Waals surface area contributed by atoms with Crippen LogP contribution >= 0.6 is 0 Å². The minimum atomic E-state index is 0.287. The normalized spacial score (nSPS) is 10.6. The quantitative estimate of drug-likeness (QED) is 0.758. The molecule has 3 aromatic rings. The van der Waals surface area contributed by atoms with Crippen LogP contribution in [0.15, 0.2) is 49.1 Å². The SMILES string of the molecule is Oc1ccc(CCNc2ncnc3ccncc23)cc1. The molecule has 2 N–H and O–H groups in total. The van der Waals surface area contributed by atoms with Crippen LogP contribution in [0.2, 0.25) is 0 Å². The summed E-state index contributed by atoms with van der Waals surface area (Å²) < 4.78 is 0. The molecule has 1 aromatic carbocycles. The zero-order chi connectivity index (χ0) is 13.8. The van der Waals surface area contributed by atoms with Crippen LogP contribution in [0.3, 0.4) is 0 Å². The molecular formula is C15H14N4O. The summed E-state index contributed by atoms with van der Waals surface area (Å²) >= 11 is 0. The molecule has 0 aliphatic rings. The highest BCUT2D eigenvalue weighted by Gasteiger charge is 2.02. The second-order valence-corrected chi connectivity index (χ2v) is 4.46. The number of rotatable bonds is 4. The molecule has 5 heteroatoms. The van der Waals surface area contributed by atoms with Crippen LogP contribution in [-0.4, -0.2) is 26.6 Å².